The Morgan fingerprint density at radius 1 is 1.04 bits per heavy atom. The number of aliphatic hydroxyl groups excluding tert-OH is 1. The molecule has 5 rings (SSSR count). The van der Waals surface area contributed by atoms with Crippen LogP contribution in [-0.4, -0.2) is 28.7 Å². The topological polar surface area (TPSA) is 49.8 Å². The minimum Gasteiger partial charge on any atom is -0.393 e. The number of hydrogen-bond donors (Lipinski definition) is 1. The van der Waals surface area contributed by atoms with Crippen molar-refractivity contribution < 1.29 is 14.6 Å². The lowest BCUT2D eigenvalue weighted by atomic mass is 9.44. The highest BCUT2D eigenvalue weighted by Crippen LogP contribution is 2.73. The van der Waals surface area contributed by atoms with E-state index < -0.39 is 5.60 Å². The van der Waals surface area contributed by atoms with E-state index in [0.29, 0.717) is 17.3 Å². The van der Waals surface area contributed by atoms with Crippen LogP contribution in [0, 0.1) is 34.5 Å². The van der Waals surface area contributed by atoms with Crippen LogP contribution in [0.15, 0.2) is 0 Å². The van der Waals surface area contributed by atoms with Gasteiger partial charge in [-0.3, -0.25) is 4.79 Å². The zero-order chi connectivity index (χ0) is 16.9. The third-order valence-electron chi connectivity index (χ3n) is 9.59. The molecule has 24 heavy (non-hydrogen) atoms. The Morgan fingerprint density at radius 2 is 1.83 bits per heavy atom. The third-order valence-corrected chi connectivity index (χ3v) is 9.59. The Hall–Kier alpha value is -0.410. The van der Waals surface area contributed by atoms with Crippen molar-refractivity contribution in [3.63, 3.8) is 0 Å². The first-order valence-electron chi connectivity index (χ1n) is 10.2. The minimum absolute atomic E-state index is 0.0676. The normalized spacial score (nSPS) is 61.3. The number of Topliss-reactive ketones (excluding diaryl/α,β-unsaturated/α-hetero) is 1. The maximum absolute atomic E-state index is 12.4. The van der Waals surface area contributed by atoms with Gasteiger partial charge in [-0.2, -0.15) is 0 Å². The summed E-state index contributed by atoms with van der Waals surface area (Å²) in [5.41, 5.74) is 0.0612. The number of carbonyl (C=O) groups is 1. The second kappa shape index (κ2) is 4.65. The van der Waals surface area contributed by atoms with Crippen LogP contribution in [0.3, 0.4) is 0 Å². The number of fused-ring (bicyclic) bond motifs is 7. The standard InChI is InChI=1S/C21H32O3/c1-12(22)21-18(24-21)11-17-15-5-4-13-10-14(23)6-8-19(13,2)16(15)7-9-20(17,21)3/h13-18,23H,4-11H2,1-3H3/t13-,14-,15-,16+,17+,18-,19-,20-,21-/m0/s1. The summed E-state index contributed by atoms with van der Waals surface area (Å²) in [6, 6.07) is 0. The molecule has 3 nitrogen and oxygen atoms in total. The average Bonchev–Trinajstić information content (AvgIpc) is 3.21. The van der Waals surface area contributed by atoms with E-state index in [1.807, 2.05) is 0 Å². The van der Waals surface area contributed by atoms with Crippen molar-refractivity contribution in [1.82, 2.24) is 0 Å². The smallest absolute Gasteiger partial charge is 0.164 e. The Labute approximate surface area is 145 Å². The van der Waals surface area contributed by atoms with Crippen molar-refractivity contribution in [3.8, 4) is 0 Å². The predicted molar refractivity (Wildman–Crippen MR) is 91.4 cm³/mol. The Morgan fingerprint density at radius 3 is 2.58 bits per heavy atom. The minimum atomic E-state index is -0.427. The summed E-state index contributed by atoms with van der Waals surface area (Å²) in [5, 5.41) is 10.1. The molecule has 1 aliphatic heterocycles. The molecule has 1 saturated heterocycles. The fourth-order valence-electron chi connectivity index (χ4n) is 8.30. The molecule has 0 aromatic heterocycles. The van der Waals surface area contributed by atoms with Crippen molar-refractivity contribution in [3.05, 3.63) is 0 Å². The van der Waals surface area contributed by atoms with Gasteiger partial charge in [0.2, 0.25) is 0 Å². The number of aliphatic hydroxyl groups is 1. The second-order valence-electron chi connectivity index (χ2n) is 10.2. The van der Waals surface area contributed by atoms with Crippen LogP contribution < -0.4 is 0 Å². The molecule has 0 aromatic rings. The number of ketones is 1. The molecule has 0 aromatic carbocycles. The van der Waals surface area contributed by atoms with Gasteiger partial charge < -0.3 is 9.84 Å². The van der Waals surface area contributed by atoms with Crippen LogP contribution in [0.4, 0.5) is 0 Å². The molecule has 134 valence electrons. The monoisotopic (exact) mass is 332 g/mol. The highest BCUT2D eigenvalue weighted by molar-refractivity contribution is 5.90. The molecular weight excluding hydrogens is 300 g/mol. The Bertz CT molecular complexity index is 588. The van der Waals surface area contributed by atoms with E-state index in [9.17, 15) is 9.90 Å². The van der Waals surface area contributed by atoms with Crippen molar-refractivity contribution in [2.45, 2.75) is 89.9 Å². The number of epoxide rings is 1. The van der Waals surface area contributed by atoms with Crippen LogP contribution in [-0.2, 0) is 9.53 Å². The van der Waals surface area contributed by atoms with Crippen LogP contribution in [0.1, 0.15) is 72.1 Å². The van der Waals surface area contributed by atoms with E-state index in [1.165, 1.54) is 25.7 Å². The lowest BCUT2D eigenvalue weighted by molar-refractivity contribution is -0.151. The zero-order valence-electron chi connectivity index (χ0n) is 15.4. The summed E-state index contributed by atoms with van der Waals surface area (Å²) < 4.78 is 6.02. The molecule has 0 radical (unpaired) electrons. The first-order valence-corrected chi connectivity index (χ1v) is 10.2. The summed E-state index contributed by atoms with van der Waals surface area (Å²) in [5.74, 6) is 3.22. The Balaban J connectivity index is 1.47. The van der Waals surface area contributed by atoms with Crippen molar-refractivity contribution in [2.24, 2.45) is 34.5 Å². The van der Waals surface area contributed by atoms with Gasteiger partial charge in [-0.1, -0.05) is 13.8 Å². The van der Waals surface area contributed by atoms with E-state index in [4.69, 9.17) is 4.74 Å². The molecule has 1 heterocycles. The van der Waals surface area contributed by atoms with E-state index >= 15 is 0 Å². The van der Waals surface area contributed by atoms with Gasteiger partial charge in [-0.05, 0) is 87.4 Å². The molecular formula is C21H32O3. The highest BCUT2D eigenvalue weighted by atomic mass is 16.6. The molecule has 0 unspecified atom stereocenters. The molecule has 0 bridgehead atoms. The van der Waals surface area contributed by atoms with Crippen LogP contribution in [0.25, 0.3) is 0 Å². The molecule has 0 spiro atoms. The second-order valence-corrected chi connectivity index (χ2v) is 10.2. The molecule has 3 heteroatoms. The lowest BCUT2D eigenvalue weighted by Gasteiger charge is -2.61. The van der Waals surface area contributed by atoms with E-state index in [1.54, 1.807) is 6.92 Å². The Kier molecular flexibility index (Phi) is 3.06. The molecule has 9 atom stereocenters. The van der Waals surface area contributed by atoms with Crippen LogP contribution >= 0.6 is 0 Å². The van der Waals surface area contributed by atoms with Crippen molar-refractivity contribution >= 4 is 5.78 Å². The average molecular weight is 332 g/mol. The maximum Gasteiger partial charge on any atom is 0.164 e. The van der Waals surface area contributed by atoms with Gasteiger partial charge in [0.1, 0.15) is 0 Å². The van der Waals surface area contributed by atoms with Gasteiger partial charge >= 0.3 is 0 Å². The van der Waals surface area contributed by atoms with E-state index in [0.717, 1.165) is 37.5 Å². The summed E-state index contributed by atoms with van der Waals surface area (Å²) in [6.07, 6.45) is 9.45. The zero-order valence-corrected chi connectivity index (χ0v) is 15.4. The van der Waals surface area contributed by atoms with Crippen molar-refractivity contribution in [2.75, 3.05) is 0 Å². The largest absolute Gasteiger partial charge is 0.393 e. The van der Waals surface area contributed by atoms with E-state index in [2.05, 4.69) is 13.8 Å². The summed E-state index contributed by atoms with van der Waals surface area (Å²) in [6.45, 7) is 6.64. The molecule has 5 fully saturated rings. The first kappa shape index (κ1) is 15.8. The van der Waals surface area contributed by atoms with Crippen molar-refractivity contribution in [1.29, 1.82) is 0 Å². The van der Waals surface area contributed by atoms with E-state index in [-0.39, 0.29) is 23.4 Å². The van der Waals surface area contributed by atoms with Gasteiger partial charge in [0, 0.05) is 5.41 Å². The van der Waals surface area contributed by atoms with Crippen LogP contribution in [0.5, 0.6) is 0 Å². The first-order chi connectivity index (χ1) is 11.3. The number of hydrogen-bond acceptors (Lipinski definition) is 3. The fourth-order valence-corrected chi connectivity index (χ4v) is 8.30. The molecule has 5 aliphatic rings. The summed E-state index contributed by atoms with van der Waals surface area (Å²) >= 11 is 0. The van der Waals surface area contributed by atoms with Gasteiger partial charge in [0.15, 0.2) is 11.4 Å². The number of rotatable bonds is 1. The molecule has 4 aliphatic carbocycles. The highest BCUT2D eigenvalue weighted by Gasteiger charge is 2.79. The maximum atomic E-state index is 12.4. The lowest BCUT2D eigenvalue weighted by Crippen LogP contribution is -2.56. The van der Waals surface area contributed by atoms with Gasteiger partial charge in [-0.25, -0.2) is 0 Å². The van der Waals surface area contributed by atoms with Gasteiger partial charge in [-0.15, -0.1) is 0 Å². The van der Waals surface area contributed by atoms with Crippen LogP contribution in [0.2, 0.25) is 0 Å². The molecule has 4 saturated carbocycles. The number of carbonyl (C=O) groups excluding carboxylic acids is 1. The number of ether oxygens (including phenoxy) is 1. The SMILES string of the molecule is CC(=O)[C@]12O[C@H]1C[C@@H]1[C@H]3CC[C@H]4C[C@@H](O)CC[C@]4(C)[C@@H]3CC[C@@]12C. The molecule has 0 amide bonds. The molecule has 1 N–H and O–H groups in total. The predicted octanol–water partition coefficient (Wildman–Crippen LogP) is 3.73. The fraction of sp³-hybridized carbons (Fsp3) is 0.952. The quantitative estimate of drug-likeness (QED) is 0.745. The summed E-state index contributed by atoms with van der Waals surface area (Å²) in [7, 11) is 0. The summed E-state index contributed by atoms with van der Waals surface area (Å²) in [4.78, 5) is 12.4. The van der Waals surface area contributed by atoms with Gasteiger partial charge in [0.25, 0.3) is 0 Å². The van der Waals surface area contributed by atoms with Gasteiger partial charge in [0.05, 0.1) is 12.2 Å². The third kappa shape index (κ3) is 1.65.